The van der Waals surface area contributed by atoms with Gasteiger partial charge in [-0.05, 0) is 17.7 Å². The molecule has 0 spiro atoms. The Morgan fingerprint density at radius 1 is 1.50 bits per heavy atom. The predicted octanol–water partition coefficient (Wildman–Crippen LogP) is 1.53. The topological polar surface area (TPSA) is 38.3 Å². The molecule has 1 aliphatic rings. The third-order valence-electron chi connectivity index (χ3n) is 2.10. The Labute approximate surface area is 87.0 Å². The molecule has 0 bridgehead atoms. The van der Waals surface area contributed by atoms with Crippen LogP contribution >= 0.6 is 11.6 Å². The van der Waals surface area contributed by atoms with Crippen molar-refractivity contribution in [3.8, 4) is 0 Å². The summed E-state index contributed by atoms with van der Waals surface area (Å²) in [6, 6.07) is 7.34. The molecule has 3 nitrogen and oxygen atoms in total. The number of carbonyl (C=O) groups is 1. The van der Waals surface area contributed by atoms with Gasteiger partial charge in [-0.2, -0.15) is 0 Å². The Kier molecular flexibility index (Phi) is 2.70. The second kappa shape index (κ2) is 3.98. The summed E-state index contributed by atoms with van der Waals surface area (Å²) in [6.07, 6.45) is 0. The third-order valence-corrected chi connectivity index (χ3v) is 2.34. The summed E-state index contributed by atoms with van der Waals surface area (Å²) in [4.78, 5) is 11.1. The SMILES string of the molecule is O=C1COCC(c2cccc(Cl)c2)N1. The van der Waals surface area contributed by atoms with Crippen LogP contribution in [0.1, 0.15) is 11.6 Å². The van der Waals surface area contributed by atoms with Crippen molar-refractivity contribution in [2.75, 3.05) is 13.2 Å². The van der Waals surface area contributed by atoms with Crippen LogP contribution in [0.4, 0.5) is 0 Å². The van der Waals surface area contributed by atoms with E-state index in [1.165, 1.54) is 0 Å². The molecule has 1 amide bonds. The lowest BCUT2D eigenvalue weighted by atomic mass is 10.1. The lowest BCUT2D eigenvalue weighted by Crippen LogP contribution is -2.39. The van der Waals surface area contributed by atoms with E-state index in [9.17, 15) is 4.79 Å². The molecular weight excluding hydrogens is 202 g/mol. The summed E-state index contributed by atoms with van der Waals surface area (Å²) in [7, 11) is 0. The van der Waals surface area contributed by atoms with E-state index in [0.717, 1.165) is 5.56 Å². The monoisotopic (exact) mass is 211 g/mol. The zero-order valence-electron chi connectivity index (χ0n) is 7.50. The summed E-state index contributed by atoms with van der Waals surface area (Å²) in [5.74, 6) is -0.0822. The second-order valence-corrected chi connectivity index (χ2v) is 3.63. The van der Waals surface area contributed by atoms with Gasteiger partial charge in [0.25, 0.3) is 0 Å². The van der Waals surface area contributed by atoms with Crippen molar-refractivity contribution in [3.63, 3.8) is 0 Å². The van der Waals surface area contributed by atoms with Crippen molar-refractivity contribution >= 4 is 17.5 Å². The molecule has 74 valence electrons. The van der Waals surface area contributed by atoms with E-state index < -0.39 is 0 Å². The number of ether oxygens (including phenoxy) is 1. The number of nitrogens with one attached hydrogen (secondary N) is 1. The zero-order chi connectivity index (χ0) is 9.97. The van der Waals surface area contributed by atoms with Crippen LogP contribution in [0.5, 0.6) is 0 Å². The van der Waals surface area contributed by atoms with Gasteiger partial charge >= 0.3 is 0 Å². The highest BCUT2D eigenvalue weighted by molar-refractivity contribution is 6.30. The molecule has 1 fully saturated rings. The first-order valence-electron chi connectivity index (χ1n) is 4.38. The number of morpholine rings is 1. The van der Waals surface area contributed by atoms with Crippen LogP contribution in [0.3, 0.4) is 0 Å². The van der Waals surface area contributed by atoms with E-state index in [-0.39, 0.29) is 18.6 Å². The molecule has 4 heteroatoms. The minimum Gasteiger partial charge on any atom is -0.369 e. The molecule has 1 heterocycles. The molecule has 1 aromatic rings. The highest BCUT2D eigenvalue weighted by Crippen LogP contribution is 2.19. The second-order valence-electron chi connectivity index (χ2n) is 3.19. The highest BCUT2D eigenvalue weighted by atomic mass is 35.5. The average molecular weight is 212 g/mol. The molecule has 0 aromatic heterocycles. The summed E-state index contributed by atoms with van der Waals surface area (Å²) in [5.41, 5.74) is 0.977. The molecule has 1 N–H and O–H groups in total. The van der Waals surface area contributed by atoms with E-state index in [0.29, 0.717) is 11.6 Å². The van der Waals surface area contributed by atoms with E-state index in [2.05, 4.69) is 5.32 Å². The number of amides is 1. The van der Waals surface area contributed by atoms with Crippen molar-refractivity contribution in [2.45, 2.75) is 6.04 Å². The smallest absolute Gasteiger partial charge is 0.246 e. The van der Waals surface area contributed by atoms with Gasteiger partial charge in [-0.3, -0.25) is 4.79 Å². The van der Waals surface area contributed by atoms with Crippen molar-refractivity contribution in [3.05, 3.63) is 34.9 Å². The Bertz CT molecular complexity index is 354. The molecule has 0 aliphatic carbocycles. The van der Waals surface area contributed by atoms with Crippen LogP contribution < -0.4 is 5.32 Å². The number of benzene rings is 1. The standard InChI is InChI=1S/C10H10ClNO2/c11-8-3-1-2-7(4-8)9-5-14-6-10(13)12-9/h1-4,9H,5-6H2,(H,12,13). The fraction of sp³-hybridized carbons (Fsp3) is 0.300. The molecule has 2 rings (SSSR count). The molecule has 1 atom stereocenters. The van der Waals surface area contributed by atoms with Crippen molar-refractivity contribution in [1.29, 1.82) is 0 Å². The van der Waals surface area contributed by atoms with E-state index in [4.69, 9.17) is 16.3 Å². The van der Waals surface area contributed by atoms with Crippen LogP contribution in [0.15, 0.2) is 24.3 Å². The van der Waals surface area contributed by atoms with Crippen molar-refractivity contribution < 1.29 is 9.53 Å². The first kappa shape index (κ1) is 9.49. The predicted molar refractivity (Wildman–Crippen MR) is 53.2 cm³/mol. The van der Waals surface area contributed by atoms with E-state index >= 15 is 0 Å². The lowest BCUT2D eigenvalue weighted by Gasteiger charge is -2.23. The van der Waals surface area contributed by atoms with E-state index in [1.54, 1.807) is 6.07 Å². The average Bonchev–Trinajstić information content (AvgIpc) is 2.18. The summed E-state index contributed by atoms with van der Waals surface area (Å²) < 4.78 is 5.13. The van der Waals surface area contributed by atoms with Crippen LogP contribution in [-0.4, -0.2) is 19.1 Å². The van der Waals surface area contributed by atoms with Gasteiger partial charge in [-0.15, -0.1) is 0 Å². The maximum atomic E-state index is 11.1. The van der Waals surface area contributed by atoms with Gasteiger partial charge in [0, 0.05) is 5.02 Å². The molecule has 0 radical (unpaired) electrons. The number of halogens is 1. The Hall–Kier alpha value is -1.06. The Morgan fingerprint density at radius 2 is 2.36 bits per heavy atom. The molecule has 14 heavy (non-hydrogen) atoms. The molecule has 1 unspecified atom stereocenters. The summed E-state index contributed by atoms with van der Waals surface area (Å²) in [6.45, 7) is 0.656. The fourth-order valence-electron chi connectivity index (χ4n) is 1.45. The quantitative estimate of drug-likeness (QED) is 0.765. The third kappa shape index (κ3) is 2.05. The van der Waals surface area contributed by atoms with Gasteiger partial charge in [0.05, 0.1) is 12.6 Å². The van der Waals surface area contributed by atoms with Gasteiger partial charge in [0.15, 0.2) is 0 Å². The van der Waals surface area contributed by atoms with Crippen LogP contribution in [0.2, 0.25) is 5.02 Å². The largest absolute Gasteiger partial charge is 0.369 e. The minimum atomic E-state index is -0.0822. The van der Waals surface area contributed by atoms with Crippen LogP contribution in [0.25, 0.3) is 0 Å². The van der Waals surface area contributed by atoms with Gasteiger partial charge < -0.3 is 10.1 Å². The summed E-state index contributed by atoms with van der Waals surface area (Å²) >= 11 is 5.85. The van der Waals surface area contributed by atoms with Gasteiger partial charge in [0.2, 0.25) is 5.91 Å². The summed E-state index contributed by atoms with van der Waals surface area (Å²) in [5, 5.41) is 3.51. The molecular formula is C10H10ClNO2. The van der Waals surface area contributed by atoms with E-state index in [1.807, 2.05) is 18.2 Å². The molecule has 1 aromatic carbocycles. The first-order valence-corrected chi connectivity index (χ1v) is 4.76. The van der Waals surface area contributed by atoms with Gasteiger partial charge in [-0.1, -0.05) is 23.7 Å². The zero-order valence-corrected chi connectivity index (χ0v) is 8.25. The number of carbonyl (C=O) groups excluding carboxylic acids is 1. The number of hydrogen-bond acceptors (Lipinski definition) is 2. The minimum absolute atomic E-state index is 0.0741. The van der Waals surface area contributed by atoms with Gasteiger partial charge in [0.1, 0.15) is 6.61 Å². The number of hydrogen-bond donors (Lipinski definition) is 1. The first-order chi connectivity index (χ1) is 6.75. The fourth-order valence-corrected chi connectivity index (χ4v) is 1.65. The Balaban J connectivity index is 2.17. The normalized spacial score (nSPS) is 21.8. The molecule has 1 saturated heterocycles. The van der Waals surface area contributed by atoms with Gasteiger partial charge in [-0.25, -0.2) is 0 Å². The molecule has 0 saturated carbocycles. The Morgan fingerprint density at radius 3 is 3.07 bits per heavy atom. The van der Waals surface area contributed by atoms with Crippen LogP contribution in [-0.2, 0) is 9.53 Å². The molecule has 1 aliphatic heterocycles. The van der Waals surface area contributed by atoms with Crippen molar-refractivity contribution in [2.24, 2.45) is 0 Å². The maximum Gasteiger partial charge on any atom is 0.246 e. The van der Waals surface area contributed by atoms with Crippen molar-refractivity contribution in [1.82, 2.24) is 5.32 Å². The maximum absolute atomic E-state index is 11.1. The lowest BCUT2D eigenvalue weighted by molar-refractivity contribution is -0.131. The van der Waals surface area contributed by atoms with Crippen LogP contribution in [0, 0.1) is 0 Å². The highest BCUT2D eigenvalue weighted by Gasteiger charge is 2.19. The number of rotatable bonds is 1.